The molecule has 12 heteroatoms. The number of sulfonamides is 1. The molecule has 3 rings (SSSR count). The Morgan fingerprint density at radius 3 is 2.13 bits per heavy atom. The molecule has 0 aliphatic carbocycles. The number of carbonyl (C=O) groups excluding carboxylic acids is 2. The number of halogens is 1. The van der Waals surface area contributed by atoms with Crippen molar-refractivity contribution in [1.82, 2.24) is 10.2 Å². The molecule has 10 nitrogen and oxygen atoms in total. The van der Waals surface area contributed by atoms with E-state index in [2.05, 4.69) is 5.32 Å². The van der Waals surface area contributed by atoms with Crippen LogP contribution in [0.1, 0.15) is 25.8 Å². The summed E-state index contributed by atoms with van der Waals surface area (Å²) in [6, 6.07) is 18.3. The van der Waals surface area contributed by atoms with Gasteiger partial charge in [0.15, 0.2) is 0 Å². The molecule has 0 saturated carbocycles. The van der Waals surface area contributed by atoms with Gasteiger partial charge in [0.05, 0.1) is 15.5 Å². The van der Waals surface area contributed by atoms with Gasteiger partial charge < -0.3 is 10.2 Å². The van der Waals surface area contributed by atoms with Gasteiger partial charge in [-0.15, -0.1) is 0 Å². The zero-order chi connectivity index (χ0) is 28.6. The summed E-state index contributed by atoms with van der Waals surface area (Å²) in [5, 5.41) is 14.4. The Kier molecular flexibility index (Phi) is 10.0. The summed E-state index contributed by atoms with van der Waals surface area (Å²) >= 11 is 6.01. The van der Waals surface area contributed by atoms with E-state index in [4.69, 9.17) is 11.6 Å². The van der Waals surface area contributed by atoms with E-state index in [0.717, 1.165) is 4.31 Å². The number of hydrogen-bond donors (Lipinski definition) is 1. The van der Waals surface area contributed by atoms with Crippen LogP contribution in [0.15, 0.2) is 83.8 Å². The number of amides is 2. The molecule has 0 aliphatic rings. The second kappa shape index (κ2) is 13.2. The average molecular weight is 573 g/mol. The van der Waals surface area contributed by atoms with Crippen molar-refractivity contribution in [2.24, 2.45) is 0 Å². The van der Waals surface area contributed by atoms with E-state index >= 15 is 0 Å². The summed E-state index contributed by atoms with van der Waals surface area (Å²) in [5.74, 6) is -0.990. The standard InChI is InChI=1S/C27H29ClN4O6S/c1-3-25(27(34)29-4-2)30(18-20-10-12-21(28)13-11-20)26(33)19-31(22-14-16-23(17-15-22)32(35)36)39(37,38)24-8-6-5-7-9-24/h5-17,25H,3-4,18-19H2,1-2H3,(H,29,34)/t25-/m1/s1. The molecule has 0 saturated heterocycles. The fourth-order valence-corrected chi connectivity index (χ4v) is 5.55. The number of hydrogen-bond acceptors (Lipinski definition) is 6. The number of nitrogens with zero attached hydrogens (tertiary/aromatic N) is 3. The number of nitro groups is 1. The van der Waals surface area contributed by atoms with E-state index in [1.807, 2.05) is 0 Å². The van der Waals surface area contributed by atoms with Gasteiger partial charge in [-0.25, -0.2) is 8.42 Å². The molecule has 0 aliphatic heterocycles. The minimum absolute atomic E-state index is 0.0329. The van der Waals surface area contributed by atoms with Gasteiger partial charge in [0.2, 0.25) is 11.8 Å². The van der Waals surface area contributed by atoms with Crippen LogP contribution in [0.5, 0.6) is 0 Å². The lowest BCUT2D eigenvalue weighted by Crippen LogP contribution is -2.52. The molecule has 0 heterocycles. The highest BCUT2D eigenvalue weighted by atomic mass is 35.5. The van der Waals surface area contributed by atoms with E-state index in [1.165, 1.54) is 41.3 Å². The van der Waals surface area contributed by atoms with Gasteiger partial charge in [0.25, 0.3) is 15.7 Å². The highest BCUT2D eigenvalue weighted by Crippen LogP contribution is 2.27. The Balaban J connectivity index is 2.06. The van der Waals surface area contributed by atoms with Crippen LogP contribution in [-0.2, 0) is 26.2 Å². The maximum Gasteiger partial charge on any atom is 0.269 e. The Hall–Kier alpha value is -3.96. The summed E-state index contributed by atoms with van der Waals surface area (Å²) in [7, 11) is -4.26. The molecule has 206 valence electrons. The van der Waals surface area contributed by atoms with Crippen LogP contribution in [0.25, 0.3) is 0 Å². The van der Waals surface area contributed by atoms with Crippen LogP contribution in [0, 0.1) is 10.1 Å². The first-order valence-electron chi connectivity index (χ1n) is 12.2. The predicted octanol–water partition coefficient (Wildman–Crippen LogP) is 4.39. The topological polar surface area (TPSA) is 130 Å². The van der Waals surface area contributed by atoms with E-state index < -0.39 is 33.4 Å². The van der Waals surface area contributed by atoms with Crippen LogP contribution in [0.3, 0.4) is 0 Å². The van der Waals surface area contributed by atoms with E-state index in [0.29, 0.717) is 17.1 Å². The molecule has 0 unspecified atom stereocenters. The Morgan fingerprint density at radius 1 is 0.974 bits per heavy atom. The number of likely N-dealkylation sites (N-methyl/N-ethyl adjacent to an activating group) is 1. The SMILES string of the molecule is CCNC(=O)[C@@H](CC)N(Cc1ccc(Cl)cc1)C(=O)CN(c1ccc([N+](=O)[O-])cc1)S(=O)(=O)c1ccccc1. The van der Waals surface area contributed by atoms with Gasteiger partial charge in [-0.05, 0) is 55.3 Å². The van der Waals surface area contributed by atoms with Crippen molar-refractivity contribution in [3.8, 4) is 0 Å². The lowest BCUT2D eigenvalue weighted by atomic mass is 10.1. The Labute approximate surface area is 232 Å². The number of nitrogens with one attached hydrogen (secondary N) is 1. The van der Waals surface area contributed by atoms with E-state index in [1.54, 1.807) is 56.3 Å². The molecule has 1 atom stereocenters. The molecule has 0 aromatic heterocycles. The zero-order valence-electron chi connectivity index (χ0n) is 21.5. The van der Waals surface area contributed by atoms with Crippen molar-refractivity contribution in [3.05, 3.63) is 99.6 Å². The smallest absolute Gasteiger partial charge is 0.269 e. The lowest BCUT2D eigenvalue weighted by Gasteiger charge is -2.33. The fraction of sp³-hybridized carbons (Fsp3) is 0.259. The quantitative estimate of drug-likeness (QED) is 0.253. The summed E-state index contributed by atoms with van der Waals surface area (Å²) in [6.07, 6.45) is 0.286. The zero-order valence-corrected chi connectivity index (χ0v) is 23.1. The largest absolute Gasteiger partial charge is 0.355 e. The highest BCUT2D eigenvalue weighted by Gasteiger charge is 2.33. The second-order valence-electron chi connectivity index (χ2n) is 8.56. The first-order valence-corrected chi connectivity index (χ1v) is 14.0. The maximum atomic E-state index is 13.9. The van der Waals surface area contributed by atoms with Crippen molar-refractivity contribution in [1.29, 1.82) is 0 Å². The first kappa shape index (κ1) is 29.6. The van der Waals surface area contributed by atoms with Gasteiger partial charge in [-0.1, -0.05) is 48.9 Å². The summed E-state index contributed by atoms with van der Waals surface area (Å²) in [4.78, 5) is 38.6. The molecule has 3 aromatic carbocycles. The third-order valence-electron chi connectivity index (χ3n) is 5.96. The van der Waals surface area contributed by atoms with Gasteiger partial charge >= 0.3 is 0 Å². The van der Waals surface area contributed by atoms with Crippen molar-refractivity contribution in [2.75, 3.05) is 17.4 Å². The minimum atomic E-state index is -4.26. The minimum Gasteiger partial charge on any atom is -0.355 e. The molecule has 0 fully saturated rings. The molecule has 0 spiro atoms. The number of non-ortho nitro benzene ring substituents is 1. The molecular formula is C27H29ClN4O6S. The molecule has 2 amide bonds. The second-order valence-corrected chi connectivity index (χ2v) is 10.9. The number of rotatable bonds is 12. The molecule has 3 aromatic rings. The van der Waals surface area contributed by atoms with Crippen molar-refractivity contribution in [3.63, 3.8) is 0 Å². The van der Waals surface area contributed by atoms with Crippen LogP contribution in [0.2, 0.25) is 5.02 Å². The number of benzene rings is 3. The van der Waals surface area contributed by atoms with Gasteiger partial charge in [-0.2, -0.15) is 0 Å². The number of anilines is 1. The third kappa shape index (κ3) is 7.33. The monoisotopic (exact) mass is 572 g/mol. The molecule has 39 heavy (non-hydrogen) atoms. The highest BCUT2D eigenvalue weighted by molar-refractivity contribution is 7.92. The van der Waals surface area contributed by atoms with Crippen molar-refractivity contribution < 1.29 is 22.9 Å². The third-order valence-corrected chi connectivity index (χ3v) is 8.00. The number of nitro benzene ring substituents is 1. The van der Waals surface area contributed by atoms with Crippen LogP contribution >= 0.6 is 11.6 Å². The summed E-state index contributed by atoms with van der Waals surface area (Å²) in [6.45, 7) is 3.27. The Bertz CT molecular complexity index is 1400. The molecule has 0 bridgehead atoms. The fourth-order valence-electron chi connectivity index (χ4n) is 3.99. The first-order chi connectivity index (χ1) is 18.6. The molecular weight excluding hydrogens is 544 g/mol. The van der Waals surface area contributed by atoms with Gasteiger partial charge in [0, 0.05) is 30.2 Å². The summed E-state index contributed by atoms with van der Waals surface area (Å²) < 4.78 is 28.3. The van der Waals surface area contributed by atoms with Crippen molar-refractivity contribution >= 4 is 44.8 Å². The maximum absolute atomic E-state index is 13.9. The van der Waals surface area contributed by atoms with Crippen LogP contribution in [-0.4, -0.2) is 49.2 Å². The van der Waals surface area contributed by atoms with E-state index in [9.17, 15) is 28.1 Å². The molecule has 1 N–H and O–H groups in total. The van der Waals surface area contributed by atoms with Gasteiger partial charge in [-0.3, -0.25) is 24.0 Å². The normalized spacial score (nSPS) is 11.9. The number of carbonyl (C=O) groups is 2. The Morgan fingerprint density at radius 2 is 1.59 bits per heavy atom. The lowest BCUT2D eigenvalue weighted by molar-refractivity contribution is -0.384. The average Bonchev–Trinajstić information content (AvgIpc) is 2.93. The van der Waals surface area contributed by atoms with E-state index in [-0.39, 0.29) is 35.1 Å². The van der Waals surface area contributed by atoms with Crippen LogP contribution < -0.4 is 9.62 Å². The summed E-state index contributed by atoms with van der Waals surface area (Å²) in [5.41, 5.74) is 0.535. The predicted molar refractivity (Wildman–Crippen MR) is 149 cm³/mol. The van der Waals surface area contributed by atoms with Gasteiger partial charge in [0.1, 0.15) is 12.6 Å². The van der Waals surface area contributed by atoms with Crippen molar-refractivity contribution in [2.45, 2.75) is 37.8 Å². The van der Waals surface area contributed by atoms with Crippen LogP contribution in [0.4, 0.5) is 11.4 Å². The molecule has 0 radical (unpaired) electrons.